The van der Waals surface area contributed by atoms with Crippen LogP contribution in [0, 0.1) is 0 Å². The van der Waals surface area contributed by atoms with Crippen LogP contribution < -0.4 is 15.2 Å². The second kappa shape index (κ2) is 8.13. The van der Waals surface area contributed by atoms with Crippen molar-refractivity contribution in [3.8, 4) is 0 Å². The van der Waals surface area contributed by atoms with Gasteiger partial charge in [0.25, 0.3) is 10.0 Å². The number of hydrazine groups is 1. The van der Waals surface area contributed by atoms with Gasteiger partial charge in [-0.3, -0.25) is 15.1 Å². The Balaban J connectivity index is 1.26. The van der Waals surface area contributed by atoms with Crippen LogP contribution >= 0.6 is 22.7 Å². The molecule has 4 rings (SSSR count). The Morgan fingerprint density at radius 3 is 2.61 bits per heavy atom. The maximum atomic E-state index is 12.1. The number of carbonyl (C=O) groups excluding carboxylic acids is 1. The van der Waals surface area contributed by atoms with Gasteiger partial charge in [-0.2, -0.15) is 0 Å². The fourth-order valence-electron chi connectivity index (χ4n) is 2.93. The van der Waals surface area contributed by atoms with Crippen molar-refractivity contribution in [1.82, 2.24) is 20.1 Å². The van der Waals surface area contributed by atoms with Gasteiger partial charge >= 0.3 is 0 Å². The van der Waals surface area contributed by atoms with E-state index in [2.05, 4.69) is 26.2 Å². The number of benzene rings is 1. The van der Waals surface area contributed by atoms with Gasteiger partial charge in [0.05, 0.1) is 16.8 Å². The summed E-state index contributed by atoms with van der Waals surface area (Å²) in [5, 5.41) is 2.66. The van der Waals surface area contributed by atoms with Crippen molar-refractivity contribution in [2.75, 3.05) is 37.6 Å². The number of hydrogen-bond donors (Lipinski definition) is 2. The molecule has 3 aromatic rings. The smallest absolute Gasteiger partial charge is 0.266 e. The number of fused-ring (bicyclic) bond motifs is 1. The zero-order valence-corrected chi connectivity index (χ0v) is 17.3. The molecule has 0 saturated carbocycles. The zero-order chi connectivity index (χ0) is 19.6. The van der Waals surface area contributed by atoms with Crippen LogP contribution in [0.25, 0.3) is 10.2 Å². The van der Waals surface area contributed by atoms with Crippen molar-refractivity contribution < 1.29 is 13.2 Å². The molecule has 0 bridgehead atoms. The van der Waals surface area contributed by atoms with E-state index >= 15 is 0 Å². The molecule has 0 radical (unpaired) electrons. The number of aromatic nitrogens is 1. The van der Waals surface area contributed by atoms with Gasteiger partial charge in [-0.25, -0.2) is 13.4 Å². The molecule has 1 aliphatic heterocycles. The Morgan fingerprint density at radius 2 is 1.89 bits per heavy atom. The van der Waals surface area contributed by atoms with Crippen molar-refractivity contribution in [3.05, 3.63) is 41.8 Å². The number of sulfonamides is 1. The number of amides is 1. The third-order valence-corrected chi connectivity index (χ3v) is 8.12. The van der Waals surface area contributed by atoms with Crippen LogP contribution in [0.3, 0.4) is 0 Å². The van der Waals surface area contributed by atoms with Crippen LogP contribution in [0.15, 0.2) is 46.0 Å². The summed E-state index contributed by atoms with van der Waals surface area (Å²) in [5.41, 5.74) is 3.29. The van der Waals surface area contributed by atoms with Crippen LogP contribution in [0.2, 0.25) is 0 Å². The van der Waals surface area contributed by atoms with E-state index in [-0.39, 0.29) is 16.7 Å². The molecule has 11 heteroatoms. The molecule has 0 aliphatic carbocycles. The number of rotatable bonds is 6. The summed E-state index contributed by atoms with van der Waals surface area (Å²) in [6.07, 6.45) is 0. The molecule has 8 nitrogen and oxygen atoms in total. The lowest BCUT2D eigenvalue weighted by Gasteiger charge is -2.34. The Labute approximate surface area is 170 Å². The Hall–Kier alpha value is -2.05. The van der Waals surface area contributed by atoms with Gasteiger partial charge in [-0.1, -0.05) is 29.5 Å². The summed E-state index contributed by atoms with van der Waals surface area (Å²) in [4.78, 5) is 23.1. The summed E-state index contributed by atoms with van der Waals surface area (Å²) < 4.78 is 25.4. The SMILES string of the molecule is O=C(CN1CCN(c2nc3ccccc3s2)CC1)NNS(=O)(=O)c1cccs1. The highest BCUT2D eigenvalue weighted by Gasteiger charge is 2.22. The van der Waals surface area contributed by atoms with Crippen molar-refractivity contribution in [2.24, 2.45) is 0 Å². The summed E-state index contributed by atoms with van der Waals surface area (Å²) >= 11 is 2.76. The lowest BCUT2D eigenvalue weighted by atomic mass is 10.3. The number of carbonyl (C=O) groups is 1. The average Bonchev–Trinajstić information content (AvgIpc) is 3.37. The first-order chi connectivity index (χ1) is 13.5. The molecule has 1 saturated heterocycles. The Bertz CT molecular complexity index is 1020. The van der Waals surface area contributed by atoms with E-state index < -0.39 is 10.0 Å². The summed E-state index contributed by atoms with van der Waals surface area (Å²) in [5.74, 6) is -0.381. The average molecular weight is 438 g/mol. The van der Waals surface area contributed by atoms with Crippen LogP contribution in [-0.2, 0) is 14.8 Å². The monoisotopic (exact) mass is 437 g/mol. The quantitative estimate of drug-likeness (QED) is 0.568. The molecular weight excluding hydrogens is 418 g/mol. The highest BCUT2D eigenvalue weighted by atomic mass is 32.2. The molecule has 1 amide bonds. The number of thiazole rings is 1. The normalized spacial score (nSPS) is 15.8. The molecule has 1 aromatic carbocycles. The number of nitrogens with zero attached hydrogens (tertiary/aromatic N) is 3. The molecular formula is C17H19N5O3S3. The number of anilines is 1. The van der Waals surface area contributed by atoms with Gasteiger partial charge < -0.3 is 4.90 Å². The number of thiophene rings is 1. The summed E-state index contributed by atoms with van der Waals surface area (Å²) in [7, 11) is -3.71. The lowest BCUT2D eigenvalue weighted by molar-refractivity contribution is -0.122. The van der Waals surface area contributed by atoms with Crippen LogP contribution in [0.1, 0.15) is 0 Å². The number of piperazine rings is 1. The molecule has 2 aromatic heterocycles. The molecule has 2 N–H and O–H groups in total. The number of nitrogens with one attached hydrogen (secondary N) is 2. The Morgan fingerprint density at radius 1 is 1.11 bits per heavy atom. The molecule has 0 atom stereocenters. The maximum Gasteiger partial charge on any atom is 0.266 e. The largest absolute Gasteiger partial charge is 0.345 e. The van der Waals surface area contributed by atoms with Gasteiger partial charge in [0, 0.05) is 26.2 Å². The minimum absolute atomic E-state index is 0.140. The fraction of sp³-hybridized carbons (Fsp3) is 0.294. The second-order valence-electron chi connectivity index (χ2n) is 6.31. The Kier molecular flexibility index (Phi) is 5.60. The van der Waals surface area contributed by atoms with Crippen LogP contribution in [0.5, 0.6) is 0 Å². The van der Waals surface area contributed by atoms with E-state index in [1.165, 1.54) is 6.07 Å². The van der Waals surface area contributed by atoms with E-state index in [0.717, 1.165) is 39.8 Å². The molecule has 3 heterocycles. The van der Waals surface area contributed by atoms with Gasteiger partial charge in [0.15, 0.2) is 5.13 Å². The standard InChI is InChI=1S/C17H19N5O3S3/c23-15(19-20-28(24,25)16-6-3-11-26-16)12-21-7-9-22(10-8-21)17-18-13-4-1-2-5-14(13)27-17/h1-6,11,20H,7-10,12H2,(H,19,23). The summed E-state index contributed by atoms with van der Waals surface area (Å²) in [6.45, 7) is 3.10. The maximum absolute atomic E-state index is 12.1. The van der Waals surface area contributed by atoms with Crippen molar-refractivity contribution >= 4 is 54.0 Å². The minimum atomic E-state index is -3.71. The lowest BCUT2D eigenvalue weighted by Crippen LogP contribution is -2.51. The first-order valence-corrected chi connectivity index (χ1v) is 11.9. The third-order valence-electron chi connectivity index (χ3n) is 4.38. The minimum Gasteiger partial charge on any atom is -0.345 e. The molecule has 1 aliphatic rings. The van der Waals surface area contributed by atoms with E-state index in [1.807, 2.05) is 23.1 Å². The first kappa shape index (κ1) is 19.3. The van der Waals surface area contributed by atoms with Crippen molar-refractivity contribution in [2.45, 2.75) is 4.21 Å². The van der Waals surface area contributed by atoms with Crippen LogP contribution in [0.4, 0.5) is 5.13 Å². The topological polar surface area (TPSA) is 94.6 Å². The second-order valence-corrected chi connectivity index (χ2v) is 10.2. The molecule has 0 spiro atoms. The van der Waals surface area contributed by atoms with E-state index in [1.54, 1.807) is 22.8 Å². The van der Waals surface area contributed by atoms with Gasteiger partial charge in [-0.15, -0.1) is 16.2 Å². The highest BCUT2D eigenvalue weighted by Crippen LogP contribution is 2.29. The van der Waals surface area contributed by atoms with Gasteiger partial charge in [0.2, 0.25) is 5.91 Å². The molecule has 0 unspecified atom stereocenters. The van der Waals surface area contributed by atoms with Crippen LogP contribution in [-0.4, -0.2) is 56.9 Å². The predicted molar refractivity (Wildman–Crippen MR) is 111 cm³/mol. The summed E-state index contributed by atoms with van der Waals surface area (Å²) in [6, 6.07) is 11.2. The van der Waals surface area contributed by atoms with E-state index in [4.69, 9.17) is 0 Å². The van der Waals surface area contributed by atoms with Crippen molar-refractivity contribution in [1.29, 1.82) is 0 Å². The predicted octanol–water partition coefficient (Wildman–Crippen LogP) is 1.49. The van der Waals surface area contributed by atoms with E-state index in [0.29, 0.717) is 13.1 Å². The van der Waals surface area contributed by atoms with Gasteiger partial charge in [0.1, 0.15) is 4.21 Å². The first-order valence-electron chi connectivity index (χ1n) is 8.68. The third kappa shape index (κ3) is 4.33. The van der Waals surface area contributed by atoms with Crippen molar-refractivity contribution in [3.63, 3.8) is 0 Å². The molecule has 28 heavy (non-hydrogen) atoms. The fourth-order valence-corrected chi connectivity index (χ4v) is 5.80. The van der Waals surface area contributed by atoms with E-state index in [9.17, 15) is 13.2 Å². The zero-order valence-electron chi connectivity index (χ0n) is 14.9. The number of para-hydroxylation sites is 1. The molecule has 1 fully saturated rings. The van der Waals surface area contributed by atoms with Gasteiger partial charge in [-0.05, 0) is 23.6 Å². The highest BCUT2D eigenvalue weighted by molar-refractivity contribution is 7.91. The number of hydrogen-bond acceptors (Lipinski definition) is 8. The molecule has 148 valence electrons.